The molecule has 0 radical (unpaired) electrons. The van der Waals surface area contributed by atoms with Crippen molar-refractivity contribution in [1.29, 1.82) is 0 Å². The Hall–Kier alpha value is -0.650. The normalized spacial score (nSPS) is 32.4. The molecule has 1 amide bonds. The minimum Gasteiger partial charge on any atom is -0.376 e. The van der Waals surface area contributed by atoms with Crippen LogP contribution in [0.5, 0.6) is 0 Å². The van der Waals surface area contributed by atoms with Crippen molar-refractivity contribution < 1.29 is 14.3 Å². The van der Waals surface area contributed by atoms with E-state index in [9.17, 15) is 4.79 Å². The van der Waals surface area contributed by atoms with Gasteiger partial charge in [0.25, 0.3) is 5.91 Å². The molecule has 0 bridgehead atoms. The van der Waals surface area contributed by atoms with Crippen molar-refractivity contribution >= 4 is 5.91 Å². The second kappa shape index (κ2) is 6.50. The largest absolute Gasteiger partial charge is 0.376 e. The Morgan fingerprint density at radius 2 is 2.11 bits per heavy atom. The molecular formula is C13H24N2O3. The summed E-state index contributed by atoms with van der Waals surface area (Å²) in [5.41, 5.74) is 5.55. The molecule has 0 aliphatic carbocycles. The predicted molar refractivity (Wildman–Crippen MR) is 68.2 cm³/mol. The van der Waals surface area contributed by atoms with Crippen molar-refractivity contribution in [3.8, 4) is 0 Å². The number of carbonyl (C=O) groups is 1. The molecule has 2 aliphatic rings. The summed E-state index contributed by atoms with van der Waals surface area (Å²) in [5.74, 6) is 0.0696. The van der Waals surface area contributed by atoms with Crippen LogP contribution in [0.1, 0.15) is 32.1 Å². The molecule has 3 unspecified atom stereocenters. The van der Waals surface area contributed by atoms with Gasteiger partial charge < -0.3 is 20.1 Å². The number of nitrogens with zero attached hydrogens (tertiary/aromatic N) is 1. The van der Waals surface area contributed by atoms with Crippen LogP contribution in [0.15, 0.2) is 0 Å². The molecule has 2 saturated heterocycles. The smallest absolute Gasteiger partial charge is 0.251 e. The number of nitrogens with two attached hydrogens (primary N) is 1. The van der Waals surface area contributed by atoms with Gasteiger partial charge in [-0.1, -0.05) is 0 Å². The molecule has 0 saturated carbocycles. The molecule has 2 fully saturated rings. The quantitative estimate of drug-likeness (QED) is 0.796. The van der Waals surface area contributed by atoms with Crippen LogP contribution in [0.25, 0.3) is 0 Å². The first-order chi connectivity index (χ1) is 8.70. The molecule has 2 aliphatic heterocycles. The number of hydrogen-bond donors (Lipinski definition) is 1. The Morgan fingerprint density at radius 1 is 1.28 bits per heavy atom. The van der Waals surface area contributed by atoms with Gasteiger partial charge in [0.15, 0.2) is 0 Å². The lowest BCUT2D eigenvalue weighted by molar-refractivity contribution is -0.143. The summed E-state index contributed by atoms with van der Waals surface area (Å²) in [4.78, 5) is 13.9. The Bertz CT molecular complexity index is 279. The zero-order valence-corrected chi connectivity index (χ0v) is 11.1. The highest BCUT2D eigenvalue weighted by atomic mass is 16.5. The molecule has 0 aromatic heterocycles. The maximum absolute atomic E-state index is 12.2. The predicted octanol–water partition coefficient (Wildman–Crippen LogP) is 0.520. The van der Waals surface area contributed by atoms with E-state index in [1.165, 1.54) is 6.42 Å². The minimum atomic E-state index is -0.299. The van der Waals surface area contributed by atoms with E-state index in [2.05, 4.69) is 0 Å². The highest BCUT2D eigenvalue weighted by Crippen LogP contribution is 2.21. The van der Waals surface area contributed by atoms with Crippen molar-refractivity contribution in [2.45, 2.75) is 50.4 Å². The second-order valence-electron chi connectivity index (χ2n) is 5.27. The second-order valence-corrected chi connectivity index (χ2v) is 5.27. The minimum absolute atomic E-state index is 0.0540. The molecule has 18 heavy (non-hydrogen) atoms. The maximum atomic E-state index is 12.2. The average molecular weight is 256 g/mol. The third kappa shape index (κ3) is 3.43. The summed E-state index contributed by atoms with van der Waals surface area (Å²) in [6.07, 6.45) is 5.01. The monoisotopic (exact) mass is 256 g/mol. The van der Waals surface area contributed by atoms with Crippen LogP contribution in [0, 0.1) is 0 Å². The van der Waals surface area contributed by atoms with Crippen LogP contribution < -0.4 is 5.73 Å². The number of amides is 1. The van der Waals surface area contributed by atoms with Gasteiger partial charge in [0.2, 0.25) is 0 Å². The van der Waals surface area contributed by atoms with E-state index in [4.69, 9.17) is 15.2 Å². The van der Waals surface area contributed by atoms with E-state index in [0.717, 1.165) is 32.3 Å². The lowest BCUT2D eigenvalue weighted by atomic mass is 10.1. The van der Waals surface area contributed by atoms with Gasteiger partial charge in [0, 0.05) is 26.7 Å². The molecule has 2 rings (SSSR count). The maximum Gasteiger partial charge on any atom is 0.251 e. The number of carbonyl (C=O) groups excluding carboxylic acids is 1. The molecule has 2 heterocycles. The van der Waals surface area contributed by atoms with Gasteiger partial charge in [0.1, 0.15) is 6.10 Å². The van der Waals surface area contributed by atoms with E-state index in [0.29, 0.717) is 13.1 Å². The van der Waals surface area contributed by atoms with Gasteiger partial charge in [0.05, 0.1) is 12.2 Å². The molecular weight excluding hydrogens is 232 g/mol. The fourth-order valence-electron chi connectivity index (χ4n) is 2.65. The van der Waals surface area contributed by atoms with Gasteiger partial charge >= 0.3 is 0 Å². The third-order valence-electron chi connectivity index (χ3n) is 3.77. The average Bonchev–Trinajstić information content (AvgIpc) is 2.87. The van der Waals surface area contributed by atoms with Crippen molar-refractivity contribution in [3.05, 3.63) is 0 Å². The zero-order chi connectivity index (χ0) is 13.0. The van der Waals surface area contributed by atoms with Crippen LogP contribution in [0.4, 0.5) is 0 Å². The Morgan fingerprint density at radius 3 is 2.72 bits per heavy atom. The molecule has 0 aromatic carbocycles. The van der Waals surface area contributed by atoms with Crippen molar-refractivity contribution in [3.63, 3.8) is 0 Å². The first kappa shape index (κ1) is 13.8. The Labute approximate surface area is 109 Å². The fraction of sp³-hybridized carbons (Fsp3) is 0.923. The first-order valence-corrected chi connectivity index (χ1v) is 6.93. The van der Waals surface area contributed by atoms with Crippen LogP contribution in [-0.2, 0) is 14.3 Å². The molecule has 0 spiro atoms. The summed E-state index contributed by atoms with van der Waals surface area (Å²) in [6, 6.07) is 0. The first-order valence-electron chi connectivity index (χ1n) is 6.93. The van der Waals surface area contributed by atoms with Gasteiger partial charge in [-0.25, -0.2) is 0 Å². The highest BCUT2D eigenvalue weighted by molar-refractivity contribution is 5.81. The Balaban J connectivity index is 1.77. The summed E-state index contributed by atoms with van der Waals surface area (Å²) in [5, 5.41) is 0. The number of rotatable bonds is 4. The van der Waals surface area contributed by atoms with E-state index < -0.39 is 0 Å². The standard InChI is InChI=1S/C13H24N2O3/c1-15(9-11-4-2-3-7-17-11)13(16)12-6-5-10(8-14)18-12/h10-12H,2-9,14H2,1H3. The van der Waals surface area contributed by atoms with Crippen LogP contribution >= 0.6 is 0 Å². The van der Waals surface area contributed by atoms with E-state index in [-0.39, 0.29) is 24.2 Å². The van der Waals surface area contributed by atoms with Crippen LogP contribution in [-0.4, -0.2) is 55.9 Å². The zero-order valence-electron chi connectivity index (χ0n) is 11.1. The topological polar surface area (TPSA) is 64.8 Å². The number of likely N-dealkylation sites (N-methyl/N-ethyl adjacent to an activating group) is 1. The van der Waals surface area contributed by atoms with E-state index >= 15 is 0 Å². The summed E-state index contributed by atoms with van der Waals surface area (Å²) in [7, 11) is 1.83. The number of hydrogen-bond acceptors (Lipinski definition) is 4. The molecule has 2 N–H and O–H groups in total. The van der Waals surface area contributed by atoms with Gasteiger partial charge in [-0.05, 0) is 32.1 Å². The molecule has 5 nitrogen and oxygen atoms in total. The van der Waals surface area contributed by atoms with Crippen molar-refractivity contribution in [1.82, 2.24) is 4.90 Å². The summed E-state index contributed by atoms with van der Waals surface area (Å²) in [6.45, 7) is 1.99. The lowest BCUT2D eigenvalue weighted by Crippen LogP contribution is -2.42. The Kier molecular flexibility index (Phi) is 4.97. The van der Waals surface area contributed by atoms with E-state index in [1.807, 2.05) is 7.05 Å². The summed E-state index contributed by atoms with van der Waals surface area (Å²) < 4.78 is 11.3. The van der Waals surface area contributed by atoms with Crippen LogP contribution in [0.2, 0.25) is 0 Å². The summed E-state index contributed by atoms with van der Waals surface area (Å²) >= 11 is 0. The van der Waals surface area contributed by atoms with Gasteiger partial charge in [-0.2, -0.15) is 0 Å². The number of ether oxygens (including phenoxy) is 2. The molecule has 104 valence electrons. The van der Waals surface area contributed by atoms with Gasteiger partial charge in [-0.3, -0.25) is 4.79 Å². The fourth-order valence-corrected chi connectivity index (χ4v) is 2.65. The molecule has 5 heteroatoms. The van der Waals surface area contributed by atoms with E-state index in [1.54, 1.807) is 4.90 Å². The van der Waals surface area contributed by atoms with Crippen molar-refractivity contribution in [2.24, 2.45) is 5.73 Å². The molecule has 3 atom stereocenters. The highest BCUT2D eigenvalue weighted by Gasteiger charge is 2.32. The van der Waals surface area contributed by atoms with Crippen molar-refractivity contribution in [2.75, 3.05) is 26.7 Å². The third-order valence-corrected chi connectivity index (χ3v) is 3.77. The van der Waals surface area contributed by atoms with Crippen LogP contribution in [0.3, 0.4) is 0 Å². The lowest BCUT2D eigenvalue weighted by Gasteiger charge is -2.28. The molecule has 0 aromatic rings. The SMILES string of the molecule is CN(CC1CCCCO1)C(=O)C1CCC(CN)O1. The van der Waals surface area contributed by atoms with Gasteiger partial charge in [-0.15, -0.1) is 0 Å².